The number of nitrogens with one attached hydrogen (secondary N) is 1. The zero-order valence-electron chi connectivity index (χ0n) is 11.6. The van der Waals surface area contributed by atoms with Crippen LogP contribution in [0.1, 0.15) is 43.7 Å². The van der Waals surface area contributed by atoms with Gasteiger partial charge in [-0.05, 0) is 30.9 Å². The Hall–Kier alpha value is -1.56. The van der Waals surface area contributed by atoms with E-state index in [1.807, 2.05) is 6.07 Å². The minimum Gasteiger partial charge on any atom is -0.481 e. The second-order valence-corrected chi connectivity index (χ2v) is 6.12. The Balaban J connectivity index is 1.88. The van der Waals surface area contributed by atoms with Crippen molar-refractivity contribution in [3.63, 3.8) is 0 Å². The molecule has 1 aromatic carbocycles. The average molecular weight is 311 g/mol. The predicted octanol–water partition coefficient (Wildman–Crippen LogP) is 3.12. The molecule has 0 bridgehead atoms. The summed E-state index contributed by atoms with van der Waals surface area (Å²) in [5, 5.41) is 11.5. The molecule has 6 heteroatoms. The number of hydrogen-bond donors (Lipinski definition) is 2. The number of thioether (sulfide) groups is 1. The molecule has 21 heavy (non-hydrogen) atoms. The first-order chi connectivity index (χ1) is 10.1. The van der Waals surface area contributed by atoms with Gasteiger partial charge in [-0.25, -0.2) is 4.39 Å². The van der Waals surface area contributed by atoms with Crippen molar-refractivity contribution in [1.82, 2.24) is 5.32 Å². The van der Waals surface area contributed by atoms with Crippen LogP contribution in [0.5, 0.6) is 0 Å². The molecule has 0 fully saturated rings. The highest BCUT2D eigenvalue weighted by Gasteiger charge is 2.24. The smallest absolute Gasteiger partial charge is 0.303 e. The molecule has 0 aliphatic carbocycles. The maximum absolute atomic E-state index is 13.7. The Morgan fingerprint density at radius 2 is 2.10 bits per heavy atom. The Morgan fingerprint density at radius 1 is 1.33 bits per heavy atom. The molecule has 0 saturated carbocycles. The van der Waals surface area contributed by atoms with E-state index in [9.17, 15) is 14.0 Å². The topological polar surface area (TPSA) is 66.4 Å². The van der Waals surface area contributed by atoms with Crippen molar-refractivity contribution in [2.24, 2.45) is 0 Å². The van der Waals surface area contributed by atoms with E-state index in [1.54, 1.807) is 6.07 Å². The molecule has 2 rings (SSSR count). The summed E-state index contributed by atoms with van der Waals surface area (Å²) in [6.45, 7) is 0. The third-order valence-corrected chi connectivity index (χ3v) is 4.56. The fourth-order valence-corrected chi connectivity index (χ4v) is 3.51. The van der Waals surface area contributed by atoms with Crippen molar-refractivity contribution in [1.29, 1.82) is 0 Å². The SMILES string of the molecule is O=C(O)CCCCC(=O)NC1CCSc2c(F)cccc21. The third-order valence-electron chi connectivity index (χ3n) is 3.41. The molecule has 0 aromatic heterocycles. The third kappa shape index (κ3) is 4.46. The number of aliphatic carboxylic acids is 1. The van der Waals surface area contributed by atoms with Gasteiger partial charge in [-0.1, -0.05) is 12.1 Å². The van der Waals surface area contributed by atoms with Crippen molar-refractivity contribution < 1.29 is 19.1 Å². The first-order valence-electron chi connectivity index (χ1n) is 7.00. The Bertz CT molecular complexity index is 536. The minimum atomic E-state index is -0.843. The Morgan fingerprint density at radius 3 is 2.86 bits per heavy atom. The van der Waals surface area contributed by atoms with Gasteiger partial charge in [0, 0.05) is 23.5 Å². The molecule has 1 aromatic rings. The summed E-state index contributed by atoms with van der Waals surface area (Å²) in [4.78, 5) is 22.9. The molecule has 1 atom stereocenters. The number of hydrogen-bond acceptors (Lipinski definition) is 3. The standard InChI is InChI=1S/C15H18FNO3S/c16-11-5-3-4-10-12(8-9-21-15(10)11)17-13(18)6-1-2-7-14(19)20/h3-5,12H,1-2,6-9H2,(H,17,18)(H,19,20). The molecule has 1 heterocycles. The maximum atomic E-state index is 13.7. The molecule has 1 unspecified atom stereocenters. The predicted molar refractivity (Wildman–Crippen MR) is 78.7 cm³/mol. The lowest BCUT2D eigenvalue weighted by Gasteiger charge is -2.26. The highest BCUT2D eigenvalue weighted by Crippen LogP contribution is 2.37. The van der Waals surface area contributed by atoms with E-state index in [0.717, 1.165) is 17.7 Å². The number of unbranched alkanes of at least 4 members (excludes halogenated alkanes) is 1. The minimum absolute atomic E-state index is 0.0847. The van der Waals surface area contributed by atoms with Crippen molar-refractivity contribution in [2.75, 3.05) is 5.75 Å². The summed E-state index contributed by atoms with van der Waals surface area (Å²) >= 11 is 1.48. The van der Waals surface area contributed by atoms with Crippen LogP contribution in [0.25, 0.3) is 0 Å². The van der Waals surface area contributed by atoms with E-state index in [-0.39, 0.29) is 24.2 Å². The number of halogens is 1. The molecule has 114 valence electrons. The van der Waals surface area contributed by atoms with Crippen molar-refractivity contribution >= 4 is 23.6 Å². The van der Waals surface area contributed by atoms with E-state index >= 15 is 0 Å². The van der Waals surface area contributed by atoms with Crippen LogP contribution in [0.3, 0.4) is 0 Å². The molecule has 0 saturated heterocycles. The van der Waals surface area contributed by atoms with Gasteiger partial charge in [0.15, 0.2) is 0 Å². The van der Waals surface area contributed by atoms with Gasteiger partial charge in [0.05, 0.1) is 6.04 Å². The van der Waals surface area contributed by atoms with Crippen LogP contribution in [0, 0.1) is 5.82 Å². The van der Waals surface area contributed by atoms with E-state index in [0.29, 0.717) is 24.2 Å². The highest BCUT2D eigenvalue weighted by molar-refractivity contribution is 7.99. The fraction of sp³-hybridized carbons (Fsp3) is 0.467. The van der Waals surface area contributed by atoms with Crippen LogP contribution in [-0.4, -0.2) is 22.7 Å². The molecule has 1 amide bonds. The average Bonchev–Trinajstić information content (AvgIpc) is 2.45. The van der Waals surface area contributed by atoms with Gasteiger partial charge in [0.25, 0.3) is 0 Å². The van der Waals surface area contributed by atoms with Gasteiger partial charge in [-0.15, -0.1) is 11.8 Å². The van der Waals surface area contributed by atoms with Crippen molar-refractivity contribution in [3.05, 3.63) is 29.6 Å². The van der Waals surface area contributed by atoms with Gasteiger partial charge in [-0.2, -0.15) is 0 Å². The van der Waals surface area contributed by atoms with Crippen LogP contribution >= 0.6 is 11.8 Å². The fourth-order valence-electron chi connectivity index (χ4n) is 2.36. The van der Waals surface area contributed by atoms with Crippen LogP contribution in [0.2, 0.25) is 0 Å². The highest BCUT2D eigenvalue weighted by atomic mass is 32.2. The molecular weight excluding hydrogens is 293 g/mol. The second-order valence-electron chi connectivity index (χ2n) is 5.02. The van der Waals surface area contributed by atoms with Gasteiger partial charge >= 0.3 is 5.97 Å². The quantitative estimate of drug-likeness (QED) is 0.792. The molecule has 1 aliphatic heterocycles. The number of carbonyl (C=O) groups excluding carboxylic acids is 1. The second kappa shape index (κ2) is 7.45. The molecule has 0 radical (unpaired) electrons. The number of carbonyl (C=O) groups is 2. The largest absolute Gasteiger partial charge is 0.481 e. The first kappa shape index (κ1) is 15.8. The molecular formula is C15H18FNO3S. The van der Waals surface area contributed by atoms with Crippen molar-refractivity contribution in [3.8, 4) is 0 Å². The summed E-state index contributed by atoms with van der Waals surface area (Å²) in [5.74, 6) is -0.410. The number of benzene rings is 1. The number of carboxylic acids is 1. The van der Waals surface area contributed by atoms with Gasteiger partial charge in [0.2, 0.25) is 5.91 Å². The van der Waals surface area contributed by atoms with Crippen LogP contribution in [0.4, 0.5) is 4.39 Å². The first-order valence-corrected chi connectivity index (χ1v) is 7.99. The van der Waals surface area contributed by atoms with E-state index in [2.05, 4.69) is 5.32 Å². The normalized spacial score (nSPS) is 17.1. The summed E-state index contributed by atoms with van der Waals surface area (Å²) < 4.78 is 13.7. The van der Waals surface area contributed by atoms with Gasteiger partial charge in [0.1, 0.15) is 5.82 Å². The number of amides is 1. The summed E-state index contributed by atoms with van der Waals surface area (Å²) in [6.07, 6.45) is 2.22. The monoisotopic (exact) mass is 311 g/mol. The van der Waals surface area contributed by atoms with E-state index in [1.165, 1.54) is 17.8 Å². The van der Waals surface area contributed by atoms with Crippen LogP contribution in [-0.2, 0) is 9.59 Å². The molecule has 4 nitrogen and oxygen atoms in total. The van der Waals surface area contributed by atoms with Gasteiger partial charge in [-0.3, -0.25) is 9.59 Å². The van der Waals surface area contributed by atoms with E-state index in [4.69, 9.17) is 5.11 Å². The molecule has 0 spiro atoms. The molecule has 2 N–H and O–H groups in total. The van der Waals surface area contributed by atoms with Crippen LogP contribution in [0.15, 0.2) is 23.1 Å². The Labute approximate surface area is 127 Å². The number of carboxylic acid groups (broad SMARTS) is 1. The number of fused-ring (bicyclic) bond motifs is 1. The van der Waals surface area contributed by atoms with E-state index < -0.39 is 5.97 Å². The Kier molecular flexibility index (Phi) is 5.61. The summed E-state index contributed by atoms with van der Waals surface area (Å²) in [7, 11) is 0. The maximum Gasteiger partial charge on any atom is 0.303 e. The lowest BCUT2D eigenvalue weighted by molar-refractivity contribution is -0.137. The summed E-state index contributed by atoms with van der Waals surface area (Å²) in [5.41, 5.74) is 0.838. The zero-order chi connectivity index (χ0) is 15.2. The summed E-state index contributed by atoms with van der Waals surface area (Å²) in [6, 6.07) is 4.79. The van der Waals surface area contributed by atoms with Gasteiger partial charge < -0.3 is 10.4 Å². The molecule has 1 aliphatic rings. The lowest BCUT2D eigenvalue weighted by atomic mass is 10.0. The van der Waals surface area contributed by atoms with Crippen LogP contribution < -0.4 is 5.32 Å². The zero-order valence-corrected chi connectivity index (χ0v) is 12.4. The lowest BCUT2D eigenvalue weighted by Crippen LogP contribution is -2.30. The van der Waals surface area contributed by atoms with Crippen molar-refractivity contribution in [2.45, 2.75) is 43.0 Å². The number of rotatable bonds is 6.